The zero-order chi connectivity index (χ0) is 9.84. The summed E-state index contributed by atoms with van der Waals surface area (Å²) in [4.78, 5) is 13.1. The molecule has 1 aliphatic heterocycles. The van der Waals surface area contributed by atoms with Gasteiger partial charge in [-0.25, -0.2) is 0 Å². The van der Waals surface area contributed by atoms with Crippen LogP contribution < -0.4 is 5.32 Å². The van der Waals surface area contributed by atoms with Crippen molar-refractivity contribution in [1.29, 1.82) is 0 Å². The minimum absolute atomic E-state index is 0.277. The Morgan fingerprint density at radius 2 is 2.00 bits per heavy atom. The predicted octanol–water partition coefficient (Wildman–Crippen LogP) is 0.0542. The van der Waals surface area contributed by atoms with Crippen molar-refractivity contribution in [2.24, 2.45) is 0 Å². The Labute approximate surface area is 79.9 Å². The SMILES string of the molecule is COC(=O)[B]N1[C@H](C)CNC[C@@H]1C. The second-order valence-electron chi connectivity index (χ2n) is 3.46. The van der Waals surface area contributed by atoms with Crippen LogP contribution in [0, 0.1) is 0 Å². The van der Waals surface area contributed by atoms with Crippen molar-refractivity contribution >= 4 is 13.3 Å². The van der Waals surface area contributed by atoms with Crippen LogP contribution in [0.5, 0.6) is 0 Å². The average Bonchev–Trinajstić information content (AvgIpc) is 2.11. The Kier molecular flexibility index (Phi) is 3.75. The Balaban J connectivity index is 2.48. The van der Waals surface area contributed by atoms with Gasteiger partial charge >= 0.3 is 7.41 Å². The lowest BCUT2D eigenvalue weighted by Gasteiger charge is -2.38. The quantitative estimate of drug-likeness (QED) is 0.614. The van der Waals surface area contributed by atoms with Crippen molar-refractivity contribution in [3.05, 3.63) is 0 Å². The highest BCUT2D eigenvalue weighted by Crippen LogP contribution is 2.07. The van der Waals surface area contributed by atoms with Crippen LogP contribution in [0.25, 0.3) is 0 Å². The number of piperazine rings is 1. The van der Waals surface area contributed by atoms with Gasteiger partial charge in [-0.3, -0.25) is 4.79 Å². The van der Waals surface area contributed by atoms with Crippen molar-refractivity contribution in [3.63, 3.8) is 0 Å². The van der Waals surface area contributed by atoms with Crippen LogP contribution in [0.3, 0.4) is 0 Å². The minimum Gasteiger partial charge on any atom is -0.476 e. The summed E-state index contributed by atoms with van der Waals surface area (Å²) in [6, 6.07) is 0.700. The number of hydrogen-bond donors (Lipinski definition) is 1. The highest BCUT2D eigenvalue weighted by atomic mass is 16.5. The minimum atomic E-state index is -0.277. The largest absolute Gasteiger partial charge is 0.476 e. The molecule has 0 bridgehead atoms. The molecule has 1 saturated heterocycles. The summed E-state index contributed by atoms with van der Waals surface area (Å²) >= 11 is 0. The molecule has 0 aromatic carbocycles. The fourth-order valence-electron chi connectivity index (χ4n) is 1.58. The predicted molar refractivity (Wildman–Crippen MR) is 51.8 cm³/mol. The molecule has 1 aliphatic rings. The normalized spacial score (nSPS) is 29.8. The van der Waals surface area contributed by atoms with Crippen LogP contribution in [0.15, 0.2) is 0 Å². The first kappa shape index (κ1) is 10.5. The number of ether oxygens (including phenoxy) is 1. The molecule has 0 aliphatic carbocycles. The van der Waals surface area contributed by atoms with Gasteiger partial charge in [-0.2, -0.15) is 0 Å². The van der Waals surface area contributed by atoms with Crippen LogP contribution in [-0.2, 0) is 4.74 Å². The van der Waals surface area contributed by atoms with Crippen molar-refractivity contribution in [1.82, 2.24) is 10.1 Å². The molecule has 1 heterocycles. The third-order valence-electron chi connectivity index (χ3n) is 2.35. The lowest BCUT2D eigenvalue weighted by molar-refractivity contribution is 0.184. The molecular formula is C8H16BN2O2. The van der Waals surface area contributed by atoms with E-state index in [1.165, 1.54) is 7.11 Å². The standard InChI is InChI=1S/C8H16BN2O2/c1-6-4-10-5-7(2)11(6)9-8(12)13-3/h6-7,10H,4-5H2,1-3H3/t6-,7+. The Morgan fingerprint density at radius 1 is 1.46 bits per heavy atom. The zero-order valence-electron chi connectivity index (χ0n) is 8.41. The summed E-state index contributed by atoms with van der Waals surface area (Å²) in [5.74, 6) is -0.277. The van der Waals surface area contributed by atoms with E-state index in [0.29, 0.717) is 12.1 Å². The monoisotopic (exact) mass is 183 g/mol. The second-order valence-corrected chi connectivity index (χ2v) is 3.46. The maximum atomic E-state index is 11.0. The van der Waals surface area contributed by atoms with Gasteiger partial charge in [0.05, 0.1) is 7.11 Å². The van der Waals surface area contributed by atoms with E-state index in [9.17, 15) is 4.79 Å². The van der Waals surface area contributed by atoms with E-state index in [1.54, 1.807) is 7.41 Å². The molecule has 73 valence electrons. The Hall–Kier alpha value is -0.545. The maximum absolute atomic E-state index is 11.0. The summed E-state index contributed by atoms with van der Waals surface area (Å²) in [6.07, 6.45) is 0. The van der Waals surface area contributed by atoms with Gasteiger partial charge in [0, 0.05) is 25.2 Å². The smallest absolute Gasteiger partial charge is 0.357 e. The van der Waals surface area contributed by atoms with E-state index in [1.807, 2.05) is 4.81 Å². The zero-order valence-corrected chi connectivity index (χ0v) is 8.41. The van der Waals surface area contributed by atoms with Crippen LogP contribution >= 0.6 is 0 Å². The first-order chi connectivity index (χ1) is 6.15. The molecule has 0 unspecified atom stereocenters. The molecule has 0 aromatic rings. The van der Waals surface area contributed by atoms with E-state index < -0.39 is 0 Å². The fourth-order valence-corrected chi connectivity index (χ4v) is 1.58. The molecule has 5 heteroatoms. The molecule has 1 radical (unpaired) electrons. The van der Waals surface area contributed by atoms with E-state index in [-0.39, 0.29) is 5.87 Å². The first-order valence-electron chi connectivity index (χ1n) is 4.56. The number of rotatable bonds is 2. The lowest BCUT2D eigenvalue weighted by Crippen LogP contribution is -2.57. The summed E-state index contributed by atoms with van der Waals surface area (Å²) in [6.45, 7) is 6.00. The molecule has 1 fully saturated rings. The number of methoxy groups -OCH3 is 1. The number of carbonyl (C=O) groups excluding carboxylic acids is 1. The van der Waals surface area contributed by atoms with Gasteiger partial charge in [0.25, 0.3) is 5.87 Å². The van der Waals surface area contributed by atoms with Gasteiger partial charge in [0.15, 0.2) is 0 Å². The van der Waals surface area contributed by atoms with Gasteiger partial charge in [-0.05, 0) is 13.8 Å². The number of nitrogens with zero attached hydrogens (tertiary/aromatic N) is 1. The molecule has 1 N–H and O–H groups in total. The molecule has 0 aromatic heterocycles. The molecule has 0 saturated carbocycles. The van der Waals surface area contributed by atoms with Crippen LogP contribution in [0.1, 0.15) is 13.8 Å². The molecule has 0 spiro atoms. The summed E-state index contributed by atoms with van der Waals surface area (Å²) in [5.41, 5.74) is 0. The molecule has 2 atom stereocenters. The molecule has 13 heavy (non-hydrogen) atoms. The highest BCUT2D eigenvalue weighted by molar-refractivity contribution is 6.69. The van der Waals surface area contributed by atoms with Crippen molar-refractivity contribution < 1.29 is 9.53 Å². The second kappa shape index (κ2) is 4.62. The topological polar surface area (TPSA) is 41.6 Å². The highest BCUT2D eigenvalue weighted by Gasteiger charge is 2.27. The number of carbonyl (C=O) groups is 1. The Morgan fingerprint density at radius 3 is 2.46 bits per heavy atom. The third-order valence-corrected chi connectivity index (χ3v) is 2.35. The molecule has 0 amide bonds. The van der Waals surface area contributed by atoms with E-state index in [4.69, 9.17) is 0 Å². The first-order valence-corrected chi connectivity index (χ1v) is 4.56. The Bertz CT molecular complexity index is 179. The van der Waals surface area contributed by atoms with Crippen LogP contribution in [-0.4, -0.2) is 50.4 Å². The summed E-state index contributed by atoms with van der Waals surface area (Å²) in [5, 5.41) is 3.29. The van der Waals surface area contributed by atoms with E-state index >= 15 is 0 Å². The average molecular weight is 183 g/mol. The maximum Gasteiger partial charge on any atom is 0.357 e. The third kappa shape index (κ3) is 2.71. The van der Waals surface area contributed by atoms with Gasteiger partial charge in [0.1, 0.15) is 0 Å². The van der Waals surface area contributed by atoms with E-state index in [2.05, 4.69) is 23.9 Å². The van der Waals surface area contributed by atoms with Crippen LogP contribution in [0.2, 0.25) is 0 Å². The van der Waals surface area contributed by atoms with E-state index in [0.717, 1.165) is 13.1 Å². The van der Waals surface area contributed by atoms with Crippen molar-refractivity contribution in [2.45, 2.75) is 25.9 Å². The molecule has 1 rings (SSSR count). The van der Waals surface area contributed by atoms with Crippen molar-refractivity contribution in [3.8, 4) is 0 Å². The molecular weight excluding hydrogens is 167 g/mol. The van der Waals surface area contributed by atoms with Crippen LogP contribution in [0.4, 0.5) is 4.79 Å². The summed E-state index contributed by atoms with van der Waals surface area (Å²) < 4.78 is 4.59. The number of hydrogen-bond acceptors (Lipinski definition) is 4. The lowest BCUT2D eigenvalue weighted by atomic mass is 9.86. The van der Waals surface area contributed by atoms with Gasteiger partial charge in [-0.1, -0.05) is 0 Å². The number of nitrogens with one attached hydrogen (secondary N) is 1. The van der Waals surface area contributed by atoms with Gasteiger partial charge in [-0.15, -0.1) is 0 Å². The molecule has 4 nitrogen and oxygen atoms in total. The summed E-state index contributed by atoms with van der Waals surface area (Å²) in [7, 11) is 2.95. The fraction of sp³-hybridized carbons (Fsp3) is 0.875. The van der Waals surface area contributed by atoms with Gasteiger partial charge < -0.3 is 14.9 Å². The van der Waals surface area contributed by atoms with Crippen molar-refractivity contribution in [2.75, 3.05) is 20.2 Å². The van der Waals surface area contributed by atoms with Gasteiger partial charge in [0.2, 0.25) is 0 Å².